The van der Waals surface area contributed by atoms with Gasteiger partial charge in [-0.3, -0.25) is 14.6 Å². The zero-order valence-electron chi connectivity index (χ0n) is 9.45. The van der Waals surface area contributed by atoms with Gasteiger partial charge in [-0.2, -0.15) is 0 Å². The number of hydrogen-bond acceptors (Lipinski definition) is 4. The summed E-state index contributed by atoms with van der Waals surface area (Å²) in [6.07, 6.45) is 4.17. The van der Waals surface area contributed by atoms with E-state index in [0.717, 1.165) is 0 Å². The predicted molar refractivity (Wildman–Crippen MR) is 62.3 cm³/mol. The van der Waals surface area contributed by atoms with E-state index in [2.05, 4.69) is 4.98 Å². The van der Waals surface area contributed by atoms with Gasteiger partial charge < -0.3 is 9.52 Å². The lowest BCUT2D eigenvalue weighted by Gasteiger charge is -2.12. The quantitative estimate of drug-likeness (QED) is 0.816. The van der Waals surface area contributed by atoms with Crippen molar-refractivity contribution >= 4 is 11.8 Å². The van der Waals surface area contributed by atoms with Crippen LogP contribution >= 0.6 is 0 Å². The summed E-state index contributed by atoms with van der Waals surface area (Å²) in [6.45, 7) is 0. The van der Waals surface area contributed by atoms with Gasteiger partial charge in [-0.15, -0.1) is 0 Å². The van der Waals surface area contributed by atoms with E-state index >= 15 is 0 Å². The summed E-state index contributed by atoms with van der Waals surface area (Å²) in [4.78, 5) is 26.9. The van der Waals surface area contributed by atoms with Crippen LogP contribution in [0.1, 0.15) is 28.5 Å². The van der Waals surface area contributed by atoms with Crippen LogP contribution in [-0.4, -0.2) is 21.8 Å². The van der Waals surface area contributed by atoms with Crippen molar-refractivity contribution in [2.75, 3.05) is 0 Å². The number of furan rings is 1. The summed E-state index contributed by atoms with van der Waals surface area (Å²) < 4.78 is 5.02. The first kappa shape index (κ1) is 12.0. The Morgan fingerprint density at radius 3 is 2.56 bits per heavy atom. The molecule has 0 radical (unpaired) electrons. The molecule has 2 aromatic rings. The van der Waals surface area contributed by atoms with Crippen molar-refractivity contribution in [3.63, 3.8) is 0 Å². The number of carboxylic acid groups (broad SMARTS) is 1. The van der Waals surface area contributed by atoms with Gasteiger partial charge in [0.05, 0.1) is 18.6 Å². The second-order valence-corrected chi connectivity index (χ2v) is 3.77. The molecule has 1 atom stereocenters. The van der Waals surface area contributed by atoms with Gasteiger partial charge in [0.15, 0.2) is 5.76 Å². The van der Waals surface area contributed by atoms with Crippen LogP contribution in [0.2, 0.25) is 0 Å². The molecular weight excluding hydrogens is 234 g/mol. The lowest BCUT2D eigenvalue weighted by Crippen LogP contribution is -2.16. The fourth-order valence-corrected chi connectivity index (χ4v) is 1.72. The van der Waals surface area contributed by atoms with Crippen LogP contribution < -0.4 is 0 Å². The molecule has 0 aromatic carbocycles. The number of carbonyl (C=O) groups excluding carboxylic acids is 1. The van der Waals surface area contributed by atoms with E-state index in [1.54, 1.807) is 18.2 Å². The Bertz CT molecular complexity index is 533. The Labute approximate surface area is 103 Å². The van der Waals surface area contributed by atoms with Crippen molar-refractivity contribution in [3.05, 3.63) is 54.2 Å². The van der Waals surface area contributed by atoms with Crippen LogP contribution in [0, 0.1) is 0 Å². The van der Waals surface area contributed by atoms with Gasteiger partial charge in [0.25, 0.3) is 0 Å². The number of carbonyl (C=O) groups is 2. The predicted octanol–water partition coefficient (Wildman–Crippen LogP) is 2.12. The van der Waals surface area contributed by atoms with Crippen molar-refractivity contribution in [1.82, 2.24) is 4.98 Å². The molecule has 5 nitrogen and oxygen atoms in total. The summed E-state index contributed by atoms with van der Waals surface area (Å²) >= 11 is 0. The molecule has 0 saturated carbocycles. The first-order valence-corrected chi connectivity index (χ1v) is 5.38. The highest BCUT2D eigenvalue weighted by molar-refractivity contribution is 6.00. The van der Waals surface area contributed by atoms with E-state index in [-0.39, 0.29) is 18.0 Å². The summed E-state index contributed by atoms with van der Waals surface area (Å²) in [5.74, 6) is -1.96. The third-order valence-corrected chi connectivity index (χ3v) is 2.57. The maximum atomic E-state index is 12.2. The van der Waals surface area contributed by atoms with Gasteiger partial charge in [0.2, 0.25) is 5.78 Å². The van der Waals surface area contributed by atoms with E-state index in [1.165, 1.54) is 24.7 Å². The molecule has 0 spiro atoms. The number of aliphatic carboxylic acids is 1. The summed E-state index contributed by atoms with van der Waals surface area (Å²) in [5.41, 5.74) is 0.619. The molecule has 0 aliphatic carbocycles. The van der Waals surface area contributed by atoms with Crippen molar-refractivity contribution in [2.45, 2.75) is 12.3 Å². The molecule has 92 valence electrons. The third kappa shape index (κ3) is 2.63. The van der Waals surface area contributed by atoms with Crippen molar-refractivity contribution < 1.29 is 19.1 Å². The maximum Gasteiger partial charge on any atom is 0.304 e. The van der Waals surface area contributed by atoms with Gasteiger partial charge in [-0.25, -0.2) is 0 Å². The summed E-state index contributed by atoms with van der Waals surface area (Å²) in [6, 6.07) is 6.39. The molecule has 0 fully saturated rings. The number of Topliss-reactive ketones (excluding diaryl/α,β-unsaturated/α-hetero) is 1. The van der Waals surface area contributed by atoms with E-state index in [0.29, 0.717) is 5.56 Å². The minimum Gasteiger partial charge on any atom is -0.481 e. The molecule has 1 N–H and O–H groups in total. The van der Waals surface area contributed by atoms with Crippen molar-refractivity contribution in [1.29, 1.82) is 0 Å². The first-order chi connectivity index (χ1) is 8.68. The lowest BCUT2D eigenvalue weighted by molar-refractivity contribution is -0.137. The van der Waals surface area contributed by atoms with Crippen LogP contribution in [-0.2, 0) is 4.79 Å². The number of nitrogens with zero attached hydrogens (tertiary/aromatic N) is 1. The normalized spacial score (nSPS) is 12.0. The molecule has 5 heteroatoms. The molecule has 0 aliphatic rings. The van der Waals surface area contributed by atoms with Crippen LogP contribution in [0.3, 0.4) is 0 Å². The monoisotopic (exact) mass is 245 g/mol. The van der Waals surface area contributed by atoms with Crippen LogP contribution in [0.15, 0.2) is 47.3 Å². The molecule has 0 aliphatic heterocycles. The van der Waals surface area contributed by atoms with Crippen LogP contribution in [0.25, 0.3) is 0 Å². The molecule has 2 aromatic heterocycles. The van der Waals surface area contributed by atoms with Gasteiger partial charge in [-0.1, -0.05) is 0 Å². The second-order valence-electron chi connectivity index (χ2n) is 3.77. The fourth-order valence-electron chi connectivity index (χ4n) is 1.72. The first-order valence-electron chi connectivity index (χ1n) is 5.38. The Morgan fingerprint density at radius 1 is 1.28 bits per heavy atom. The topological polar surface area (TPSA) is 80.4 Å². The van der Waals surface area contributed by atoms with E-state index in [1.807, 2.05) is 0 Å². The van der Waals surface area contributed by atoms with Crippen LogP contribution in [0.4, 0.5) is 0 Å². The number of ketones is 1. The standard InChI is InChI=1S/C13H11NO4/c15-12(16)8-10(9-3-5-14-6-4-9)13(17)11-2-1-7-18-11/h1-7,10H,8H2,(H,15,16). The number of aromatic nitrogens is 1. The minimum absolute atomic E-state index is 0.165. The zero-order valence-corrected chi connectivity index (χ0v) is 9.45. The average molecular weight is 245 g/mol. The van der Waals surface area contributed by atoms with Crippen molar-refractivity contribution in [3.8, 4) is 0 Å². The number of carboxylic acids is 1. The maximum absolute atomic E-state index is 12.2. The van der Waals surface area contributed by atoms with E-state index < -0.39 is 11.9 Å². The largest absolute Gasteiger partial charge is 0.481 e. The van der Waals surface area contributed by atoms with Gasteiger partial charge in [0, 0.05) is 12.4 Å². The highest BCUT2D eigenvalue weighted by Gasteiger charge is 2.26. The molecule has 0 amide bonds. The average Bonchev–Trinajstić information content (AvgIpc) is 2.90. The second kappa shape index (κ2) is 5.27. The molecule has 2 rings (SSSR count). The highest BCUT2D eigenvalue weighted by atomic mass is 16.4. The highest BCUT2D eigenvalue weighted by Crippen LogP contribution is 2.24. The SMILES string of the molecule is O=C(O)CC(C(=O)c1ccco1)c1ccncc1. The summed E-state index contributed by atoms with van der Waals surface area (Å²) in [5, 5.41) is 8.89. The van der Waals surface area contributed by atoms with Gasteiger partial charge in [-0.05, 0) is 29.8 Å². The fraction of sp³-hybridized carbons (Fsp3) is 0.154. The molecule has 1 unspecified atom stereocenters. The molecule has 0 bridgehead atoms. The zero-order chi connectivity index (χ0) is 13.0. The Morgan fingerprint density at radius 2 is 2.00 bits per heavy atom. The Balaban J connectivity index is 2.31. The van der Waals surface area contributed by atoms with E-state index in [9.17, 15) is 9.59 Å². The molecule has 18 heavy (non-hydrogen) atoms. The molecule has 2 heterocycles. The number of hydrogen-bond donors (Lipinski definition) is 1. The minimum atomic E-state index is -1.03. The van der Waals surface area contributed by atoms with Crippen molar-refractivity contribution in [2.24, 2.45) is 0 Å². The Hall–Kier alpha value is -2.43. The third-order valence-electron chi connectivity index (χ3n) is 2.57. The van der Waals surface area contributed by atoms with Gasteiger partial charge in [0.1, 0.15) is 0 Å². The van der Waals surface area contributed by atoms with Gasteiger partial charge >= 0.3 is 5.97 Å². The number of rotatable bonds is 5. The summed E-state index contributed by atoms with van der Waals surface area (Å²) in [7, 11) is 0. The molecular formula is C13H11NO4. The smallest absolute Gasteiger partial charge is 0.304 e. The molecule has 0 saturated heterocycles. The lowest BCUT2D eigenvalue weighted by atomic mass is 9.91. The van der Waals surface area contributed by atoms with E-state index in [4.69, 9.17) is 9.52 Å². The Kier molecular flexibility index (Phi) is 3.52. The number of pyridine rings is 1. The van der Waals surface area contributed by atoms with Crippen LogP contribution in [0.5, 0.6) is 0 Å².